The monoisotopic (exact) mass is 581 g/mol. The van der Waals surface area contributed by atoms with Crippen LogP contribution in [0, 0.1) is 23.7 Å². The maximum atomic E-state index is 13.8. The molecule has 2 fully saturated rings. The summed E-state index contributed by atoms with van der Waals surface area (Å²) in [6.45, 7) is 14.0. The Hall–Kier alpha value is -3.63. The lowest BCUT2D eigenvalue weighted by molar-refractivity contribution is -0.119. The zero-order valence-corrected chi connectivity index (χ0v) is 26.4. The van der Waals surface area contributed by atoms with Gasteiger partial charge in [0.15, 0.2) is 0 Å². The van der Waals surface area contributed by atoms with E-state index in [1.165, 1.54) is 12.8 Å². The minimum atomic E-state index is 0.0602. The Morgan fingerprint density at radius 3 is 2.23 bits per heavy atom. The van der Waals surface area contributed by atoms with E-state index in [9.17, 15) is 9.59 Å². The Kier molecular flexibility index (Phi) is 10.2. The fourth-order valence-corrected chi connectivity index (χ4v) is 5.87. The van der Waals surface area contributed by atoms with Crippen LogP contribution >= 0.6 is 0 Å². The molecule has 0 aliphatic carbocycles. The molecule has 0 spiro atoms. The van der Waals surface area contributed by atoms with Crippen molar-refractivity contribution in [3.05, 3.63) is 53.9 Å². The number of anilines is 1. The van der Waals surface area contributed by atoms with Crippen molar-refractivity contribution in [2.75, 3.05) is 44.2 Å². The highest BCUT2D eigenvalue weighted by Crippen LogP contribution is 2.28. The Bertz CT molecular complexity index is 1460. The molecule has 4 heterocycles. The third kappa shape index (κ3) is 7.67. The lowest BCUT2D eigenvalue weighted by Crippen LogP contribution is -2.35. The second-order valence-electron chi connectivity index (χ2n) is 12.9. The number of hydrogen-bond acceptors (Lipinski definition) is 4. The summed E-state index contributed by atoms with van der Waals surface area (Å²) in [5.41, 5.74) is 4.89. The summed E-state index contributed by atoms with van der Waals surface area (Å²) in [6, 6.07) is 11.9. The van der Waals surface area contributed by atoms with Crippen LogP contribution in [0.1, 0.15) is 88.7 Å². The highest BCUT2D eigenvalue weighted by atomic mass is 16.2. The number of imidazole rings is 1. The maximum absolute atomic E-state index is 13.8. The van der Waals surface area contributed by atoms with E-state index in [1.807, 2.05) is 56.8 Å². The molecule has 2 aliphatic rings. The van der Waals surface area contributed by atoms with Gasteiger partial charge in [0, 0.05) is 43.5 Å². The predicted octanol–water partition coefficient (Wildman–Crippen LogP) is 6.50. The van der Waals surface area contributed by atoms with Crippen LogP contribution in [0.3, 0.4) is 0 Å². The molecule has 0 radical (unpaired) electrons. The molecule has 7 nitrogen and oxygen atoms in total. The van der Waals surface area contributed by atoms with Crippen LogP contribution in [0.4, 0.5) is 5.69 Å². The van der Waals surface area contributed by atoms with Crippen LogP contribution in [-0.4, -0.2) is 70.3 Å². The second-order valence-corrected chi connectivity index (χ2v) is 12.9. The van der Waals surface area contributed by atoms with Gasteiger partial charge in [-0.05, 0) is 93.6 Å². The molecule has 228 valence electrons. The summed E-state index contributed by atoms with van der Waals surface area (Å²) in [5, 5.41) is 0. The Labute approximate surface area is 257 Å². The molecule has 0 N–H and O–H groups in total. The molecule has 0 atom stereocenters. The first-order chi connectivity index (χ1) is 20.8. The second kappa shape index (κ2) is 14.2. The van der Waals surface area contributed by atoms with E-state index in [1.54, 1.807) is 0 Å². The van der Waals surface area contributed by atoms with Crippen LogP contribution in [0.5, 0.6) is 0 Å². The number of rotatable bonds is 10. The SMILES string of the molecule is CC(C)CCN(CCC(C)C)C(=O)c1ccc2nc(-c3ccc(N4CCCCC4=O)cc3)c(C#CCN3CCCC3)n2c1. The van der Waals surface area contributed by atoms with Crippen molar-refractivity contribution in [1.82, 2.24) is 19.2 Å². The first-order valence-corrected chi connectivity index (χ1v) is 16.2. The van der Waals surface area contributed by atoms with Crippen LogP contribution < -0.4 is 4.90 Å². The average molecular weight is 582 g/mol. The average Bonchev–Trinajstić information content (AvgIpc) is 3.65. The first-order valence-electron chi connectivity index (χ1n) is 16.2. The van der Waals surface area contributed by atoms with Gasteiger partial charge in [-0.25, -0.2) is 4.98 Å². The smallest absolute Gasteiger partial charge is 0.255 e. The van der Waals surface area contributed by atoms with E-state index in [4.69, 9.17) is 4.98 Å². The number of nitrogens with zero attached hydrogens (tertiary/aromatic N) is 5. The van der Waals surface area contributed by atoms with Gasteiger partial charge in [0.25, 0.3) is 5.91 Å². The van der Waals surface area contributed by atoms with Crippen molar-refractivity contribution >= 4 is 23.1 Å². The minimum Gasteiger partial charge on any atom is -0.339 e. The molecule has 0 unspecified atom stereocenters. The van der Waals surface area contributed by atoms with Gasteiger partial charge in [0.2, 0.25) is 5.91 Å². The number of fused-ring (bicyclic) bond motifs is 1. The summed E-state index contributed by atoms with van der Waals surface area (Å²) in [7, 11) is 0. The summed E-state index contributed by atoms with van der Waals surface area (Å²) in [6.07, 6.45) is 8.94. The number of likely N-dealkylation sites (tertiary alicyclic amines) is 1. The number of benzene rings is 1. The van der Waals surface area contributed by atoms with E-state index < -0.39 is 0 Å². The summed E-state index contributed by atoms with van der Waals surface area (Å²) >= 11 is 0. The third-order valence-corrected chi connectivity index (χ3v) is 8.59. The lowest BCUT2D eigenvalue weighted by atomic mass is 10.1. The fraction of sp³-hybridized carbons (Fsp3) is 0.528. The number of piperidine rings is 1. The molecule has 43 heavy (non-hydrogen) atoms. The molecular formula is C36H47N5O2. The predicted molar refractivity (Wildman–Crippen MR) is 174 cm³/mol. The van der Waals surface area contributed by atoms with Gasteiger partial charge in [-0.15, -0.1) is 0 Å². The van der Waals surface area contributed by atoms with E-state index in [-0.39, 0.29) is 11.8 Å². The van der Waals surface area contributed by atoms with Gasteiger partial charge in [-0.3, -0.25) is 18.9 Å². The van der Waals surface area contributed by atoms with Gasteiger partial charge in [-0.2, -0.15) is 0 Å². The van der Waals surface area contributed by atoms with Crippen molar-refractivity contribution in [3.8, 4) is 23.1 Å². The van der Waals surface area contributed by atoms with E-state index in [2.05, 4.69) is 44.4 Å². The van der Waals surface area contributed by atoms with Crippen molar-refractivity contribution in [3.63, 3.8) is 0 Å². The van der Waals surface area contributed by atoms with Crippen molar-refractivity contribution in [1.29, 1.82) is 0 Å². The molecule has 5 rings (SSSR count). The Morgan fingerprint density at radius 2 is 1.58 bits per heavy atom. The van der Waals surface area contributed by atoms with E-state index in [0.29, 0.717) is 23.8 Å². The normalized spacial score (nSPS) is 15.9. The Morgan fingerprint density at radius 1 is 0.907 bits per heavy atom. The minimum absolute atomic E-state index is 0.0602. The van der Waals surface area contributed by atoms with Gasteiger partial charge >= 0.3 is 0 Å². The standard InChI is InChI=1S/C36H47N5O2/c1-27(2)18-24-39(25-19-28(3)4)36(43)30-14-17-33-37-35(32(41(33)26-30)10-9-22-38-20-7-8-21-38)29-12-15-31(16-13-29)40-23-6-5-11-34(40)42/h12-17,26-28H,5-8,11,18-25H2,1-4H3. The Balaban J connectivity index is 1.49. The van der Waals surface area contributed by atoms with Gasteiger partial charge < -0.3 is 9.80 Å². The third-order valence-electron chi connectivity index (χ3n) is 8.59. The van der Waals surface area contributed by atoms with Gasteiger partial charge in [-0.1, -0.05) is 45.7 Å². The quantitative estimate of drug-likeness (QED) is 0.257. The van der Waals surface area contributed by atoms with Crippen molar-refractivity contribution < 1.29 is 9.59 Å². The number of carbonyl (C=O) groups excluding carboxylic acids is 2. The maximum Gasteiger partial charge on any atom is 0.255 e. The highest BCUT2D eigenvalue weighted by Gasteiger charge is 2.22. The van der Waals surface area contributed by atoms with E-state index >= 15 is 0 Å². The van der Waals surface area contributed by atoms with Gasteiger partial charge in [0.05, 0.1) is 12.1 Å². The highest BCUT2D eigenvalue weighted by molar-refractivity contribution is 5.95. The zero-order chi connectivity index (χ0) is 30.3. The number of aromatic nitrogens is 2. The molecule has 1 aromatic carbocycles. The molecule has 7 heteroatoms. The number of pyridine rings is 1. The van der Waals surface area contributed by atoms with Crippen molar-refractivity contribution in [2.45, 2.75) is 72.6 Å². The fourth-order valence-electron chi connectivity index (χ4n) is 5.87. The summed E-state index contributed by atoms with van der Waals surface area (Å²) in [4.78, 5) is 37.6. The first kappa shape index (κ1) is 30.8. The largest absolute Gasteiger partial charge is 0.339 e. The number of amides is 2. The molecule has 2 saturated heterocycles. The summed E-state index contributed by atoms with van der Waals surface area (Å²) < 4.78 is 1.99. The van der Waals surface area contributed by atoms with Crippen LogP contribution in [0.15, 0.2) is 42.6 Å². The van der Waals surface area contributed by atoms with Crippen LogP contribution in [0.25, 0.3) is 16.9 Å². The molecular weight excluding hydrogens is 534 g/mol. The lowest BCUT2D eigenvalue weighted by Gasteiger charge is -2.26. The molecule has 2 aliphatic heterocycles. The number of hydrogen-bond donors (Lipinski definition) is 0. The van der Waals surface area contributed by atoms with Crippen molar-refractivity contribution in [2.24, 2.45) is 11.8 Å². The molecule has 0 saturated carbocycles. The number of carbonyl (C=O) groups is 2. The molecule has 2 amide bonds. The molecule has 0 bridgehead atoms. The molecule has 3 aromatic rings. The zero-order valence-electron chi connectivity index (χ0n) is 26.4. The van der Waals surface area contributed by atoms with Gasteiger partial charge in [0.1, 0.15) is 17.0 Å². The van der Waals surface area contributed by atoms with E-state index in [0.717, 1.165) is 93.2 Å². The van der Waals surface area contributed by atoms with Crippen LogP contribution in [0.2, 0.25) is 0 Å². The summed E-state index contributed by atoms with van der Waals surface area (Å²) in [5.74, 6) is 8.16. The topological polar surface area (TPSA) is 61.2 Å². The van der Waals surface area contributed by atoms with Crippen LogP contribution in [-0.2, 0) is 4.79 Å². The molecule has 2 aromatic heterocycles.